The number of nitrogens with two attached hydrogens (primary N) is 1. The van der Waals surface area contributed by atoms with Crippen LogP contribution < -0.4 is 5.73 Å². The molecular formula is C9H9F2NO. The molecule has 0 aromatic heterocycles. The first kappa shape index (κ1) is 9.67. The Bertz CT molecular complexity index is 339. The number of aromatic hydroxyl groups is 1. The molecule has 0 saturated heterocycles. The molecule has 0 aliphatic carbocycles. The fourth-order valence-electron chi connectivity index (χ4n) is 0.992. The molecule has 0 heterocycles. The van der Waals surface area contributed by atoms with Crippen molar-refractivity contribution in [2.45, 2.75) is 6.04 Å². The summed E-state index contributed by atoms with van der Waals surface area (Å²) in [5, 5.41) is 9.14. The Labute approximate surface area is 74.3 Å². The van der Waals surface area contributed by atoms with E-state index >= 15 is 0 Å². The minimum absolute atomic E-state index is 0.269. The van der Waals surface area contributed by atoms with Crippen molar-refractivity contribution in [3.63, 3.8) is 0 Å². The Hall–Kier alpha value is -1.42. The lowest BCUT2D eigenvalue weighted by atomic mass is 10.1. The molecule has 0 radical (unpaired) electrons. The smallest absolute Gasteiger partial charge is 0.165 e. The molecule has 0 spiro atoms. The highest BCUT2D eigenvalue weighted by molar-refractivity contribution is 5.38. The van der Waals surface area contributed by atoms with Crippen molar-refractivity contribution in [1.29, 1.82) is 0 Å². The average Bonchev–Trinajstić information content (AvgIpc) is 2.12. The van der Waals surface area contributed by atoms with E-state index in [1.165, 1.54) is 6.08 Å². The van der Waals surface area contributed by atoms with E-state index in [0.717, 1.165) is 12.1 Å². The van der Waals surface area contributed by atoms with Crippen LogP contribution in [-0.4, -0.2) is 5.11 Å². The molecule has 0 fully saturated rings. The zero-order valence-corrected chi connectivity index (χ0v) is 6.80. The fraction of sp³-hybridized carbons (Fsp3) is 0.111. The summed E-state index contributed by atoms with van der Waals surface area (Å²) in [6, 6.07) is 0.841. The van der Waals surface area contributed by atoms with Crippen molar-refractivity contribution < 1.29 is 13.9 Å². The van der Waals surface area contributed by atoms with Crippen molar-refractivity contribution in [3.05, 3.63) is 42.0 Å². The van der Waals surface area contributed by atoms with Gasteiger partial charge in [-0.05, 0) is 12.1 Å². The van der Waals surface area contributed by atoms with Gasteiger partial charge in [-0.1, -0.05) is 6.08 Å². The van der Waals surface area contributed by atoms with Crippen molar-refractivity contribution in [2.24, 2.45) is 5.73 Å². The maximum Gasteiger partial charge on any atom is 0.165 e. The molecule has 1 atom stereocenters. The third-order valence-corrected chi connectivity index (χ3v) is 1.70. The normalized spacial score (nSPS) is 12.5. The molecule has 0 aliphatic heterocycles. The Morgan fingerprint density at radius 2 is 1.92 bits per heavy atom. The van der Waals surface area contributed by atoms with Gasteiger partial charge in [0.05, 0.1) is 11.6 Å². The number of hydrogen-bond donors (Lipinski definition) is 2. The summed E-state index contributed by atoms with van der Waals surface area (Å²) in [5.41, 5.74) is 5.11. The van der Waals surface area contributed by atoms with E-state index in [-0.39, 0.29) is 5.56 Å². The van der Waals surface area contributed by atoms with Gasteiger partial charge in [0.25, 0.3) is 0 Å². The summed E-state index contributed by atoms with van der Waals surface area (Å²) in [5.74, 6) is -2.40. The maximum absolute atomic E-state index is 13.0. The molecule has 4 heteroatoms. The Morgan fingerprint density at radius 3 is 2.46 bits per heavy atom. The average molecular weight is 185 g/mol. The summed E-state index contributed by atoms with van der Waals surface area (Å²) in [7, 11) is 0. The zero-order valence-electron chi connectivity index (χ0n) is 6.80. The van der Waals surface area contributed by atoms with E-state index < -0.39 is 23.4 Å². The largest absolute Gasteiger partial charge is 0.505 e. The third-order valence-electron chi connectivity index (χ3n) is 1.70. The standard InChI is InChI=1S/C9H9F2NO/c1-2-7(12)8-5(10)3-4-6(11)9(8)13/h2-4,7,13H,1,12H2/t7-/m1/s1. The van der Waals surface area contributed by atoms with Crippen LogP contribution >= 0.6 is 0 Å². The first-order valence-corrected chi connectivity index (χ1v) is 3.63. The van der Waals surface area contributed by atoms with Gasteiger partial charge < -0.3 is 10.8 Å². The number of hydrogen-bond acceptors (Lipinski definition) is 2. The van der Waals surface area contributed by atoms with Crippen LogP contribution in [0.4, 0.5) is 8.78 Å². The van der Waals surface area contributed by atoms with Gasteiger partial charge in [0.2, 0.25) is 0 Å². The van der Waals surface area contributed by atoms with Crippen LogP contribution in [0.3, 0.4) is 0 Å². The molecule has 0 unspecified atom stereocenters. The first-order chi connectivity index (χ1) is 6.07. The lowest BCUT2D eigenvalue weighted by Gasteiger charge is -2.10. The van der Waals surface area contributed by atoms with Gasteiger partial charge >= 0.3 is 0 Å². The van der Waals surface area contributed by atoms with E-state index in [2.05, 4.69) is 6.58 Å². The molecule has 1 aromatic carbocycles. The van der Waals surface area contributed by atoms with Gasteiger partial charge in [-0.2, -0.15) is 0 Å². The minimum atomic E-state index is -0.907. The van der Waals surface area contributed by atoms with Gasteiger partial charge in [-0.25, -0.2) is 8.78 Å². The van der Waals surface area contributed by atoms with Gasteiger partial charge in [-0.15, -0.1) is 6.58 Å². The first-order valence-electron chi connectivity index (χ1n) is 3.63. The molecule has 0 bridgehead atoms. The molecular weight excluding hydrogens is 176 g/mol. The van der Waals surface area contributed by atoms with Crippen LogP contribution in [0.25, 0.3) is 0 Å². The Balaban J connectivity index is 3.32. The second-order valence-electron chi connectivity index (χ2n) is 2.55. The summed E-state index contributed by atoms with van der Waals surface area (Å²) >= 11 is 0. The quantitative estimate of drug-likeness (QED) is 0.691. The summed E-state index contributed by atoms with van der Waals surface area (Å²) in [6.45, 7) is 3.32. The predicted molar refractivity (Wildman–Crippen MR) is 45.1 cm³/mol. The van der Waals surface area contributed by atoms with Crippen LogP contribution in [0.5, 0.6) is 5.75 Å². The molecule has 1 aromatic rings. The SMILES string of the molecule is C=C[C@@H](N)c1c(F)ccc(F)c1O. The van der Waals surface area contributed by atoms with Crippen LogP contribution in [0, 0.1) is 11.6 Å². The summed E-state index contributed by atoms with van der Waals surface area (Å²) in [4.78, 5) is 0. The number of phenols is 1. The van der Waals surface area contributed by atoms with Gasteiger partial charge in [-0.3, -0.25) is 0 Å². The van der Waals surface area contributed by atoms with Crippen molar-refractivity contribution in [2.75, 3.05) is 0 Å². The second kappa shape index (κ2) is 3.53. The van der Waals surface area contributed by atoms with E-state index in [9.17, 15) is 8.78 Å². The lowest BCUT2D eigenvalue weighted by molar-refractivity contribution is 0.415. The zero-order chi connectivity index (χ0) is 10.0. The molecule has 0 saturated carbocycles. The molecule has 0 aliphatic rings. The van der Waals surface area contributed by atoms with Crippen molar-refractivity contribution in [3.8, 4) is 5.75 Å². The van der Waals surface area contributed by atoms with E-state index in [1.54, 1.807) is 0 Å². The van der Waals surface area contributed by atoms with Crippen LogP contribution in [-0.2, 0) is 0 Å². The van der Waals surface area contributed by atoms with E-state index in [0.29, 0.717) is 0 Å². The number of phenolic OH excluding ortho intramolecular Hbond substituents is 1. The summed E-state index contributed by atoms with van der Waals surface area (Å²) < 4.78 is 25.8. The van der Waals surface area contributed by atoms with Gasteiger partial charge in [0.15, 0.2) is 11.6 Å². The van der Waals surface area contributed by atoms with E-state index in [4.69, 9.17) is 10.8 Å². The highest BCUT2D eigenvalue weighted by atomic mass is 19.1. The highest BCUT2D eigenvalue weighted by Gasteiger charge is 2.16. The van der Waals surface area contributed by atoms with Gasteiger partial charge in [0.1, 0.15) is 5.82 Å². The fourth-order valence-corrected chi connectivity index (χ4v) is 0.992. The molecule has 0 amide bonds. The molecule has 70 valence electrons. The predicted octanol–water partition coefficient (Wildman–Crippen LogP) is 1.86. The van der Waals surface area contributed by atoms with Crippen LogP contribution in [0.1, 0.15) is 11.6 Å². The third kappa shape index (κ3) is 1.67. The monoisotopic (exact) mass is 185 g/mol. The molecule has 13 heavy (non-hydrogen) atoms. The van der Waals surface area contributed by atoms with Crippen molar-refractivity contribution in [1.82, 2.24) is 0 Å². The number of halogens is 2. The highest BCUT2D eigenvalue weighted by Crippen LogP contribution is 2.28. The Kier molecular flexibility index (Phi) is 2.63. The summed E-state index contributed by atoms with van der Waals surface area (Å²) in [6.07, 6.45) is 1.22. The van der Waals surface area contributed by atoms with Gasteiger partial charge in [0, 0.05) is 0 Å². The number of benzene rings is 1. The van der Waals surface area contributed by atoms with E-state index in [1.807, 2.05) is 0 Å². The molecule has 3 N–H and O–H groups in total. The minimum Gasteiger partial charge on any atom is -0.505 e. The lowest BCUT2D eigenvalue weighted by Crippen LogP contribution is -2.09. The Morgan fingerprint density at radius 1 is 1.38 bits per heavy atom. The van der Waals surface area contributed by atoms with Crippen LogP contribution in [0.2, 0.25) is 0 Å². The second-order valence-corrected chi connectivity index (χ2v) is 2.55. The van der Waals surface area contributed by atoms with Crippen LogP contribution in [0.15, 0.2) is 24.8 Å². The maximum atomic E-state index is 13.0. The molecule has 1 rings (SSSR count). The molecule has 2 nitrogen and oxygen atoms in total. The topological polar surface area (TPSA) is 46.2 Å². The van der Waals surface area contributed by atoms with Crippen molar-refractivity contribution >= 4 is 0 Å². The number of rotatable bonds is 2.